The molecule has 0 radical (unpaired) electrons. The number of methoxy groups -OCH3 is 1. The van der Waals surface area contributed by atoms with Crippen molar-refractivity contribution in [3.63, 3.8) is 0 Å². The first-order chi connectivity index (χ1) is 9.81. The average Bonchev–Trinajstić information content (AvgIpc) is 2.39. The molecule has 3 nitrogen and oxygen atoms in total. The maximum Gasteiger partial charge on any atom is 0.314 e. The van der Waals surface area contributed by atoms with Crippen molar-refractivity contribution < 1.29 is 14.0 Å². The molecule has 0 aliphatic heterocycles. The number of carbonyl (C=O) groups is 1. The van der Waals surface area contributed by atoms with Crippen molar-refractivity contribution in [2.45, 2.75) is 65.8 Å². The van der Waals surface area contributed by atoms with E-state index in [0.717, 1.165) is 5.57 Å². The molecule has 0 aliphatic carbocycles. The lowest BCUT2D eigenvalue weighted by atomic mass is 9.83. The third-order valence-electron chi connectivity index (χ3n) is 4.35. The number of hydrogen-bond acceptors (Lipinski definition) is 3. The van der Waals surface area contributed by atoms with Crippen molar-refractivity contribution in [3.05, 3.63) is 11.6 Å². The molecule has 0 amide bonds. The Balaban J connectivity index is 5.83. The second-order valence-corrected chi connectivity index (χ2v) is 12.9. The number of ether oxygens (including phenoxy) is 1. The van der Waals surface area contributed by atoms with Crippen LogP contribution in [-0.4, -0.2) is 27.5 Å². The summed E-state index contributed by atoms with van der Waals surface area (Å²) in [4.78, 5) is 12.2. The highest BCUT2D eigenvalue weighted by Crippen LogP contribution is 2.41. The van der Waals surface area contributed by atoms with E-state index in [1.807, 2.05) is 49.4 Å². The van der Waals surface area contributed by atoms with E-state index >= 15 is 0 Å². The molecule has 0 fully saturated rings. The zero-order chi connectivity index (χ0) is 17.8. The number of rotatable bonds is 5. The van der Waals surface area contributed by atoms with E-state index in [0.29, 0.717) is 0 Å². The average molecular weight is 436 g/mol. The summed E-state index contributed by atoms with van der Waals surface area (Å²) in [6.07, 6.45) is 1.48. The Kier molecular flexibility index (Phi) is 7.86. The first-order valence-electron chi connectivity index (χ1n) is 7.35. The highest BCUT2D eigenvalue weighted by molar-refractivity contribution is 14.1. The van der Waals surface area contributed by atoms with Crippen molar-refractivity contribution in [2.75, 3.05) is 7.11 Å². The molecule has 1 atom stereocenters. The number of esters is 1. The van der Waals surface area contributed by atoms with Gasteiger partial charge in [0.1, 0.15) is 0 Å². The van der Waals surface area contributed by atoms with Crippen LogP contribution in [0.2, 0.25) is 18.1 Å². The third-order valence-corrected chi connectivity index (χ3v) is 9.10. The van der Waals surface area contributed by atoms with Gasteiger partial charge in [-0.1, -0.05) is 26.7 Å². The van der Waals surface area contributed by atoms with E-state index in [-0.39, 0.29) is 17.1 Å². The van der Waals surface area contributed by atoms with Crippen LogP contribution >= 0.6 is 22.6 Å². The Morgan fingerprint density at radius 1 is 1.23 bits per heavy atom. The Hall–Kier alpha value is -0.323. The molecule has 22 heavy (non-hydrogen) atoms. The lowest BCUT2D eigenvalue weighted by Gasteiger charge is -2.43. The van der Waals surface area contributed by atoms with Gasteiger partial charge in [0.25, 0.3) is 0 Å². The lowest BCUT2D eigenvalue weighted by Crippen LogP contribution is -2.50. The smallest absolute Gasteiger partial charge is 0.314 e. The van der Waals surface area contributed by atoms with Gasteiger partial charge in [-0.05, 0) is 54.5 Å². The number of carbonyl (C=O) groups excluding carboxylic acids is 1. The van der Waals surface area contributed by atoms with Gasteiger partial charge in [0, 0.05) is 22.6 Å². The van der Waals surface area contributed by atoms with E-state index in [1.165, 1.54) is 7.11 Å². The fourth-order valence-corrected chi connectivity index (χ4v) is 3.45. The minimum Gasteiger partial charge on any atom is -0.469 e. The Morgan fingerprint density at radius 2 is 1.73 bits per heavy atom. The zero-order valence-electron chi connectivity index (χ0n) is 15.3. The first kappa shape index (κ1) is 21.7. The van der Waals surface area contributed by atoms with E-state index < -0.39 is 13.7 Å². The van der Waals surface area contributed by atoms with E-state index in [4.69, 9.17) is 9.16 Å². The summed E-state index contributed by atoms with van der Waals surface area (Å²) in [7, 11) is -0.623. The van der Waals surface area contributed by atoms with Crippen molar-refractivity contribution in [1.82, 2.24) is 0 Å². The molecule has 0 unspecified atom stereocenters. The van der Waals surface area contributed by atoms with Gasteiger partial charge in [-0.2, -0.15) is 0 Å². The van der Waals surface area contributed by atoms with Crippen LogP contribution in [-0.2, 0) is 14.0 Å². The van der Waals surface area contributed by atoms with Gasteiger partial charge in [-0.15, -0.1) is 0 Å². The fourth-order valence-electron chi connectivity index (χ4n) is 1.87. The lowest BCUT2D eigenvalue weighted by molar-refractivity contribution is -0.155. The van der Waals surface area contributed by atoms with Crippen LogP contribution in [0, 0.1) is 15.3 Å². The van der Waals surface area contributed by atoms with Gasteiger partial charge >= 0.3 is 5.97 Å². The largest absolute Gasteiger partial charge is 0.469 e. The first-order valence-corrected chi connectivity index (χ1v) is 11.3. The van der Waals surface area contributed by atoms with Gasteiger partial charge < -0.3 is 9.16 Å². The predicted octanol–water partition coefficient (Wildman–Crippen LogP) is 4.92. The van der Waals surface area contributed by atoms with Crippen molar-refractivity contribution in [1.29, 1.82) is 0 Å². The fraction of sp³-hybridized carbons (Fsp3) is 0.706. The van der Waals surface area contributed by atoms with E-state index in [9.17, 15) is 4.79 Å². The van der Waals surface area contributed by atoms with Crippen LogP contribution in [0.3, 0.4) is 0 Å². The summed E-state index contributed by atoms with van der Waals surface area (Å²) in [5.41, 5.74) is 0.182. The Labute approximate surface area is 150 Å². The Morgan fingerprint density at radius 3 is 2.09 bits per heavy atom. The second kappa shape index (κ2) is 7.98. The SMILES string of the molecule is COC(=O)C(C)(C)[C@@H](O[Si](C)(C)C(C)(C)C)/C(C)=C\C#CI. The van der Waals surface area contributed by atoms with Crippen molar-refractivity contribution in [2.24, 2.45) is 5.41 Å². The highest BCUT2D eigenvalue weighted by Gasteiger charge is 2.46. The quantitative estimate of drug-likeness (QED) is 0.266. The summed E-state index contributed by atoms with van der Waals surface area (Å²) in [5.74, 6) is 2.67. The molecule has 0 saturated heterocycles. The zero-order valence-corrected chi connectivity index (χ0v) is 18.4. The van der Waals surface area contributed by atoms with Crippen LogP contribution in [0.4, 0.5) is 0 Å². The van der Waals surface area contributed by atoms with Gasteiger partial charge in [-0.3, -0.25) is 4.79 Å². The number of hydrogen-bond donors (Lipinski definition) is 0. The van der Waals surface area contributed by atoms with Crippen LogP contribution in [0.25, 0.3) is 0 Å². The molecule has 0 heterocycles. The third kappa shape index (κ3) is 5.39. The summed E-state index contributed by atoms with van der Waals surface area (Å²) in [5, 5.41) is 0.0622. The molecule has 0 N–H and O–H groups in total. The topological polar surface area (TPSA) is 35.5 Å². The summed E-state index contributed by atoms with van der Waals surface area (Å²) >= 11 is 2.00. The van der Waals surface area contributed by atoms with Crippen LogP contribution in [0.15, 0.2) is 11.6 Å². The van der Waals surface area contributed by atoms with Gasteiger partial charge in [0.2, 0.25) is 0 Å². The van der Waals surface area contributed by atoms with Crippen LogP contribution < -0.4 is 0 Å². The maximum absolute atomic E-state index is 12.2. The van der Waals surface area contributed by atoms with Gasteiger partial charge in [0.15, 0.2) is 8.32 Å². The molecular weight excluding hydrogens is 407 g/mol. The molecule has 0 rings (SSSR count). The molecule has 0 spiro atoms. The molecule has 0 saturated carbocycles. The Bertz CT molecular complexity index is 490. The van der Waals surface area contributed by atoms with Crippen molar-refractivity contribution >= 4 is 36.9 Å². The normalized spacial score (nSPS) is 14.9. The standard InChI is InChI=1S/C17H29IO3Si/c1-13(11-10-12-18)14(17(5,6)15(19)20-7)21-22(8,9)16(2,3)4/h11,14H,1-9H3/b13-11-/t14-/m0/s1. The predicted molar refractivity (Wildman–Crippen MR) is 103 cm³/mol. The summed E-state index contributed by atoms with van der Waals surface area (Å²) in [6, 6.07) is 0. The molecular formula is C17H29IO3Si. The molecule has 126 valence electrons. The van der Waals surface area contributed by atoms with Crippen molar-refractivity contribution in [3.8, 4) is 9.85 Å². The molecule has 0 aromatic heterocycles. The number of halogens is 1. The van der Waals surface area contributed by atoms with E-state index in [1.54, 1.807) is 0 Å². The maximum atomic E-state index is 12.2. The molecule has 5 heteroatoms. The molecule has 0 aromatic rings. The van der Waals surface area contributed by atoms with Gasteiger partial charge in [0.05, 0.1) is 18.6 Å². The second-order valence-electron chi connectivity index (χ2n) is 7.60. The number of allylic oxidation sites excluding steroid dienone is 1. The summed E-state index contributed by atoms with van der Waals surface area (Å²) in [6.45, 7) is 16.6. The van der Waals surface area contributed by atoms with E-state index in [2.05, 4.69) is 43.7 Å². The monoisotopic (exact) mass is 436 g/mol. The van der Waals surface area contributed by atoms with Crippen LogP contribution in [0.1, 0.15) is 41.5 Å². The molecule has 0 aliphatic rings. The molecule has 0 bridgehead atoms. The highest BCUT2D eigenvalue weighted by atomic mass is 127. The minimum atomic E-state index is -2.04. The summed E-state index contributed by atoms with van der Waals surface area (Å²) < 4.78 is 14.4. The molecule has 0 aromatic carbocycles. The van der Waals surface area contributed by atoms with Gasteiger partial charge in [-0.25, -0.2) is 0 Å². The minimum absolute atomic E-state index is 0.0622. The van der Waals surface area contributed by atoms with Crippen LogP contribution in [0.5, 0.6) is 0 Å².